The van der Waals surface area contributed by atoms with Gasteiger partial charge in [0, 0.05) is 10.0 Å². The molecule has 0 saturated heterocycles. The zero-order valence-electron chi connectivity index (χ0n) is 18.3. The number of fused-ring (bicyclic) bond motifs is 1. The maximum Gasteiger partial charge on any atom is 0.235 e. The molecule has 0 fully saturated rings. The van der Waals surface area contributed by atoms with E-state index in [0.29, 0.717) is 33.8 Å². The second-order valence-corrected chi connectivity index (χ2v) is 8.44. The van der Waals surface area contributed by atoms with Gasteiger partial charge in [0.2, 0.25) is 11.2 Å². The van der Waals surface area contributed by atoms with Gasteiger partial charge in [0.25, 0.3) is 0 Å². The standard InChI is InChI=1S/C26H23BrO5/c1-15-11-16(2)23-22(12-15)32-25(18-7-10-20(29-3)21(13-18)30-4)26(24(23)28)31-14-17-5-8-19(27)9-6-17/h5-13H,14H2,1-4H3. The van der Waals surface area contributed by atoms with E-state index in [0.717, 1.165) is 21.2 Å². The van der Waals surface area contributed by atoms with Crippen molar-refractivity contribution in [2.45, 2.75) is 20.5 Å². The summed E-state index contributed by atoms with van der Waals surface area (Å²) in [5.74, 6) is 1.64. The Kier molecular flexibility index (Phi) is 6.24. The first kappa shape index (κ1) is 22.0. The van der Waals surface area contributed by atoms with Crippen LogP contribution in [0.15, 0.2) is 68.3 Å². The van der Waals surface area contributed by atoms with Crippen LogP contribution in [0.2, 0.25) is 0 Å². The SMILES string of the molecule is COc1ccc(-c2oc3cc(C)cc(C)c3c(=O)c2OCc2ccc(Br)cc2)cc1OC. The molecule has 6 heteroatoms. The van der Waals surface area contributed by atoms with E-state index in [1.807, 2.05) is 56.3 Å². The smallest absolute Gasteiger partial charge is 0.235 e. The molecule has 0 amide bonds. The van der Waals surface area contributed by atoms with Crippen LogP contribution in [0.5, 0.6) is 17.2 Å². The number of rotatable bonds is 6. The van der Waals surface area contributed by atoms with E-state index < -0.39 is 0 Å². The molecular formula is C26H23BrO5. The minimum Gasteiger partial charge on any atom is -0.493 e. The number of hydrogen-bond donors (Lipinski definition) is 0. The molecule has 4 rings (SSSR count). The number of benzene rings is 3. The second kappa shape index (κ2) is 9.09. The first-order chi connectivity index (χ1) is 15.4. The molecule has 1 aromatic heterocycles. The van der Waals surface area contributed by atoms with Crippen LogP contribution in [-0.2, 0) is 6.61 Å². The predicted octanol–water partition coefficient (Wildman–Crippen LogP) is 6.44. The Hall–Kier alpha value is -3.25. The van der Waals surface area contributed by atoms with Gasteiger partial charge in [-0.25, -0.2) is 0 Å². The number of hydrogen-bond acceptors (Lipinski definition) is 5. The molecule has 0 saturated carbocycles. The summed E-state index contributed by atoms with van der Waals surface area (Å²) in [6.45, 7) is 4.11. The lowest BCUT2D eigenvalue weighted by Crippen LogP contribution is -2.11. The highest BCUT2D eigenvalue weighted by molar-refractivity contribution is 9.10. The number of halogens is 1. The van der Waals surface area contributed by atoms with Gasteiger partial charge in [-0.05, 0) is 66.9 Å². The van der Waals surface area contributed by atoms with Gasteiger partial charge < -0.3 is 18.6 Å². The van der Waals surface area contributed by atoms with Gasteiger partial charge in [-0.15, -0.1) is 0 Å². The highest BCUT2D eigenvalue weighted by Gasteiger charge is 2.21. The van der Waals surface area contributed by atoms with Gasteiger partial charge in [0.15, 0.2) is 17.3 Å². The fraction of sp³-hybridized carbons (Fsp3) is 0.192. The molecule has 3 aromatic carbocycles. The van der Waals surface area contributed by atoms with E-state index in [-0.39, 0.29) is 17.8 Å². The molecule has 0 spiro atoms. The lowest BCUT2D eigenvalue weighted by atomic mass is 10.0. The van der Waals surface area contributed by atoms with E-state index in [1.165, 1.54) is 0 Å². The predicted molar refractivity (Wildman–Crippen MR) is 129 cm³/mol. The Morgan fingerprint density at radius 1 is 0.906 bits per heavy atom. The first-order valence-corrected chi connectivity index (χ1v) is 10.9. The van der Waals surface area contributed by atoms with Crippen molar-refractivity contribution in [3.63, 3.8) is 0 Å². The summed E-state index contributed by atoms with van der Waals surface area (Å²) in [5.41, 5.74) is 3.78. The topological polar surface area (TPSA) is 57.9 Å². The molecule has 0 bridgehead atoms. The van der Waals surface area contributed by atoms with Crippen LogP contribution in [-0.4, -0.2) is 14.2 Å². The lowest BCUT2D eigenvalue weighted by Gasteiger charge is -2.15. The van der Waals surface area contributed by atoms with E-state index in [9.17, 15) is 4.79 Å². The number of ether oxygens (including phenoxy) is 3. The molecule has 164 valence electrons. The Bertz CT molecular complexity index is 1340. The molecule has 32 heavy (non-hydrogen) atoms. The zero-order valence-corrected chi connectivity index (χ0v) is 19.9. The van der Waals surface area contributed by atoms with Gasteiger partial charge in [-0.1, -0.05) is 34.1 Å². The summed E-state index contributed by atoms with van der Waals surface area (Å²) < 4.78 is 24.1. The largest absolute Gasteiger partial charge is 0.493 e. The number of aryl methyl sites for hydroxylation is 2. The number of methoxy groups -OCH3 is 2. The van der Waals surface area contributed by atoms with E-state index in [1.54, 1.807) is 26.4 Å². The Labute approximate surface area is 194 Å². The van der Waals surface area contributed by atoms with E-state index >= 15 is 0 Å². The molecule has 0 aliphatic rings. The van der Waals surface area contributed by atoms with E-state index in [4.69, 9.17) is 18.6 Å². The first-order valence-electron chi connectivity index (χ1n) is 10.1. The van der Waals surface area contributed by atoms with Crippen LogP contribution in [0.25, 0.3) is 22.3 Å². The molecule has 0 atom stereocenters. The maximum absolute atomic E-state index is 13.6. The average molecular weight is 495 g/mol. The molecule has 0 aliphatic heterocycles. The third kappa shape index (κ3) is 4.23. The molecular weight excluding hydrogens is 472 g/mol. The summed E-state index contributed by atoms with van der Waals surface area (Å²) >= 11 is 3.43. The zero-order chi connectivity index (χ0) is 22.8. The van der Waals surface area contributed by atoms with Crippen LogP contribution in [0.4, 0.5) is 0 Å². The van der Waals surface area contributed by atoms with Crippen LogP contribution in [0.3, 0.4) is 0 Å². The van der Waals surface area contributed by atoms with Crippen molar-refractivity contribution in [2.75, 3.05) is 14.2 Å². The quantitative estimate of drug-likeness (QED) is 0.308. The molecule has 1 heterocycles. The normalized spacial score (nSPS) is 10.9. The fourth-order valence-electron chi connectivity index (χ4n) is 3.71. The van der Waals surface area contributed by atoms with Crippen LogP contribution in [0, 0.1) is 13.8 Å². The lowest BCUT2D eigenvalue weighted by molar-refractivity contribution is 0.297. The summed E-state index contributed by atoms with van der Waals surface area (Å²) in [6, 6.07) is 17.0. The molecule has 0 radical (unpaired) electrons. The minimum atomic E-state index is -0.203. The van der Waals surface area contributed by atoms with Crippen molar-refractivity contribution in [2.24, 2.45) is 0 Å². The molecule has 4 aromatic rings. The van der Waals surface area contributed by atoms with Crippen LogP contribution < -0.4 is 19.6 Å². The second-order valence-electron chi connectivity index (χ2n) is 7.53. The highest BCUT2D eigenvalue weighted by atomic mass is 79.9. The van der Waals surface area contributed by atoms with Crippen molar-refractivity contribution in [3.05, 3.63) is 86.0 Å². The molecule has 0 N–H and O–H groups in total. The Morgan fingerprint density at radius 2 is 1.62 bits per heavy atom. The van der Waals surface area contributed by atoms with Crippen LogP contribution >= 0.6 is 15.9 Å². The van der Waals surface area contributed by atoms with Crippen LogP contribution in [0.1, 0.15) is 16.7 Å². The summed E-state index contributed by atoms with van der Waals surface area (Å²) in [5, 5.41) is 0.519. The maximum atomic E-state index is 13.6. The van der Waals surface area contributed by atoms with Gasteiger partial charge in [0.05, 0.1) is 19.6 Å². The van der Waals surface area contributed by atoms with Crippen molar-refractivity contribution in [1.82, 2.24) is 0 Å². The average Bonchev–Trinajstić information content (AvgIpc) is 2.78. The van der Waals surface area contributed by atoms with E-state index in [2.05, 4.69) is 15.9 Å². The summed E-state index contributed by atoms with van der Waals surface area (Å²) in [4.78, 5) is 13.6. The van der Waals surface area contributed by atoms with Crippen molar-refractivity contribution >= 4 is 26.9 Å². The van der Waals surface area contributed by atoms with Gasteiger partial charge >= 0.3 is 0 Å². The Balaban J connectivity index is 1.90. The third-order valence-corrected chi connectivity index (χ3v) is 5.77. The molecule has 0 unspecified atom stereocenters. The van der Waals surface area contributed by atoms with Crippen molar-refractivity contribution in [1.29, 1.82) is 0 Å². The fourth-order valence-corrected chi connectivity index (χ4v) is 3.97. The van der Waals surface area contributed by atoms with Gasteiger partial charge in [-0.3, -0.25) is 4.79 Å². The van der Waals surface area contributed by atoms with Crippen molar-refractivity contribution < 1.29 is 18.6 Å². The Morgan fingerprint density at radius 3 is 2.31 bits per heavy atom. The monoisotopic (exact) mass is 494 g/mol. The minimum absolute atomic E-state index is 0.166. The summed E-state index contributed by atoms with van der Waals surface area (Å²) in [7, 11) is 3.14. The third-order valence-electron chi connectivity index (χ3n) is 5.24. The molecule has 0 aliphatic carbocycles. The summed E-state index contributed by atoms with van der Waals surface area (Å²) in [6.07, 6.45) is 0. The highest BCUT2D eigenvalue weighted by Crippen LogP contribution is 2.37. The molecule has 5 nitrogen and oxygen atoms in total. The van der Waals surface area contributed by atoms with Gasteiger partial charge in [0.1, 0.15) is 12.2 Å². The van der Waals surface area contributed by atoms with Gasteiger partial charge in [-0.2, -0.15) is 0 Å². The van der Waals surface area contributed by atoms with Crippen molar-refractivity contribution in [3.8, 4) is 28.6 Å².